The first kappa shape index (κ1) is 10.7. The molecule has 2 N–H and O–H groups in total. The standard InChI is InChI=1S/C10H13N5O/c1-6-3-4-9(13-12-6)15-10(16)8(5-11)7(2)14-15/h3-4,8H,5,11H2,1-2H3. The van der Waals surface area contributed by atoms with Gasteiger partial charge in [0.05, 0.1) is 11.6 Å². The normalized spacial score (nSPS) is 20.2. The van der Waals surface area contributed by atoms with Gasteiger partial charge >= 0.3 is 0 Å². The Hall–Kier alpha value is -1.82. The quantitative estimate of drug-likeness (QED) is 0.763. The van der Waals surface area contributed by atoms with Gasteiger partial charge in [0, 0.05) is 12.3 Å². The molecule has 1 aromatic heterocycles. The molecule has 1 unspecified atom stereocenters. The van der Waals surface area contributed by atoms with Crippen molar-refractivity contribution in [2.45, 2.75) is 13.8 Å². The number of rotatable bonds is 2. The molecule has 0 saturated heterocycles. The Labute approximate surface area is 93.1 Å². The molecule has 1 atom stereocenters. The Morgan fingerprint density at radius 2 is 2.12 bits per heavy atom. The number of amides is 1. The molecule has 2 rings (SSSR count). The minimum Gasteiger partial charge on any atom is -0.329 e. The topological polar surface area (TPSA) is 84.5 Å². The fourth-order valence-corrected chi connectivity index (χ4v) is 1.54. The van der Waals surface area contributed by atoms with Crippen LogP contribution in [0.1, 0.15) is 12.6 Å². The van der Waals surface area contributed by atoms with Crippen molar-refractivity contribution in [1.82, 2.24) is 10.2 Å². The maximum atomic E-state index is 11.9. The Morgan fingerprint density at radius 1 is 1.38 bits per heavy atom. The minimum absolute atomic E-state index is 0.141. The van der Waals surface area contributed by atoms with E-state index in [0.29, 0.717) is 5.82 Å². The van der Waals surface area contributed by atoms with Crippen molar-refractivity contribution in [3.8, 4) is 0 Å². The van der Waals surface area contributed by atoms with Gasteiger partial charge in [-0.25, -0.2) is 0 Å². The molecular formula is C10H13N5O. The van der Waals surface area contributed by atoms with Crippen molar-refractivity contribution in [1.29, 1.82) is 0 Å². The lowest BCUT2D eigenvalue weighted by molar-refractivity contribution is -0.119. The van der Waals surface area contributed by atoms with Crippen LogP contribution in [-0.4, -0.2) is 28.4 Å². The van der Waals surface area contributed by atoms with E-state index < -0.39 is 0 Å². The van der Waals surface area contributed by atoms with Crippen molar-refractivity contribution in [2.24, 2.45) is 16.8 Å². The predicted molar refractivity (Wildman–Crippen MR) is 59.9 cm³/mol. The van der Waals surface area contributed by atoms with Crippen LogP contribution in [0.5, 0.6) is 0 Å². The van der Waals surface area contributed by atoms with Gasteiger partial charge in [0.25, 0.3) is 5.91 Å². The Balaban J connectivity index is 2.30. The molecule has 0 bridgehead atoms. The van der Waals surface area contributed by atoms with E-state index in [1.54, 1.807) is 19.1 Å². The number of anilines is 1. The molecular weight excluding hydrogens is 206 g/mol. The highest BCUT2D eigenvalue weighted by molar-refractivity contribution is 6.14. The zero-order valence-electron chi connectivity index (χ0n) is 9.21. The highest BCUT2D eigenvalue weighted by atomic mass is 16.2. The maximum Gasteiger partial charge on any atom is 0.259 e. The first-order chi connectivity index (χ1) is 7.63. The van der Waals surface area contributed by atoms with Crippen LogP contribution in [0.15, 0.2) is 17.2 Å². The van der Waals surface area contributed by atoms with Gasteiger partial charge in [-0.2, -0.15) is 15.2 Å². The van der Waals surface area contributed by atoms with Gasteiger partial charge in [-0.05, 0) is 26.0 Å². The Morgan fingerprint density at radius 3 is 2.62 bits per heavy atom. The highest BCUT2D eigenvalue weighted by Crippen LogP contribution is 2.20. The number of carbonyl (C=O) groups excluding carboxylic acids is 1. The van der Waals surface area contributed by atoms with Crippen LogP contribution in [0.2, 0.25) is 0 Å². The van der Waals surface area contributed by atoms with Crippen LogP contribution in [0, 0.1) is 12.8 Å². The number of nitrogens with zero attached hydrogens (tertiary/aromatic N) is 4. The van der Waals surface area contributed by atoms with E-state index in [4.69, 9.17) is 5.73 Å². The Bertz CT molecular complexity index is 439. The molecule has 84 valence electrons. The zero-order valence-corrected chi connectivity index (χ0v) is 9.21. The van der Waals surface area contributed by atoms with Gasteiger partial charge in [-0.3, -0.25) is 4.79 Å². The Kier molecular flexibility index (Phi) is 2.66. The summed E-state index contributed by atoms with van der Waals surface area (Å²) in [5, 5.41) is 13.2. The minimum atomic E-state index is -0.330. The summed E-state index contributed by atoms with van der Waals surface area (Å²) in [5.74, 6) is -0.0350. The molecule has 0 saturated carbocycles. The fourth-order valence-electron chi connectivity index (χ4n) is 1.54. The largest absolute Gasteiger partial charge is 0.329 e. The first-order valence-electron chi connectivity index (χ1n) is 5.03. The van der Waals surface area contributed by atoms with E-state index in [2.05, 4.69) is 15.3 Å². The van der Waals surface area contributed by atoms with E-state index >= 15 is 0 Å². The van der Waals surface area contributed by atoms with Gasteiger partial charge in [-0.15, -0.1) is 5.10 Å². The van der Waals surface area contributed by atoms with Gasteiger partial charge < -0.3 is 5.73 Å². The van der Waals surface area contributed by atoms with E-state index in [9.17, 15) is 4.79 Å². The second-order valence-electron chi connectivity index (χ2n) is 3.71. The molecule has 0 aromatic carbocycles. The van der Waals surface area contributed by atoms with Crippen molar-refractivity contribution in [2.75, 3.05) is 11.6 Å². The molecule has 16 heavy (non-hydrogen) atoms. The molecule has 0 radical (unpaired) electrons. The molecule has 0 aliphatic carbocycles. The lowest BCUT2D eigenvalue weighted by atomic mass is 10.1. The average molecular weight is 219 g/mol. The fraction of sp³-hybridized carbons (Fsp3) is 0.400. The molecule has 1 aliphatic heterocycles. The van der Waals surface area contributed by atoms with E-state index in [1.165, 1.54) is 5.01 Å². The third-order valence-corrected chi connectivity index (χ3v) is 2.51. The summed E-state index contributed by atoms with van der Waals surface area (Å²) in [4.78, 5) is 11.9. The van der Waals surface area contributed by atoms with Crippen LogP contribution in [0.3, 0.4) is 0 Å². The number of aromatic nitrogens is 2. The number of hydrogen-bond donors (Lipinski definition) is 1. The zero-order chi connectivity index (χ0) is 11.7. The smallest absolute Gasteiger partial charge is 0.259 e. The third-order valence-electron chi connectivity index (χ3n) is 2.51. The van der Waals surface area contributed by atoms with Crippen LogP contribution < -0.4 is 10.7 Å². The van der Waals surface area contributed by atoms with Crippen molar-refractivity contribution in [3.63, 3.8) is 0 Å². The first-order valence-corrected chi connectivity index (χ1v) is 5.03. The lowest BCUT2D eigenvalue weighted by Gasteiger charge is -2.11. The van der Waals surface area contributed by atoms with Crippen molar-refractivity contribution in [3.05, 3.63) is 17.8 Å². The van der Waals surface area contributed by atoms with E-state index in [1.807, 2.05) is 6.92 Å². The summed E-state index contributed by atoms with van der Waals surface area (Å²) in [6.07, 6.45) is 0. The summed E-state index contributed by atoms with van der Waals surface area (Å²) in [5.41, 5.74) is 7.03. The lowest BCUT2D eigenvalue weighted by Crippen LogP contribution is -2.32. The maximum absolute atomic E-state index is 11.9. The summed E-state index contributed by atoms with van der Waals surface area (Å²) >= 11 is 0. The molecule has 6 nitrogen and oxygen atoms in total. The van der Waals surface area contributed by atoms with Crippen LogP contribution in [0.25, 0.3) is 0 Å². The molecule has 6 heteroatoms. The molecule has 1 aromatic rings. The number of nitrogens with two attached hydrogens (primary N) is 1. The molecule has 1 aliphatic rings. The SMILES string of the molecule is CC1=NN(c2ccc(C)nn2)C(=O)C1CN. The van der Waals surface area contributed by atoms with E-state index in [0.717, 1.165) is 11.4 Å². The van der Waals surface area contributed by atoms with Crippen molar-refractivity contribution < 1.29 is 4.79 Å². The second kappa shape index (κ2) is 3.97. The summed E-state index contributed by atoms with van der Waals surface area (Å²) in [7, 11) is 0. The summed E-state index contributed by atoms with van der Waals surface area (Å²) in [6, 6.07) is 3.51. The molecule has 0 spiro atoms. The number of hydrogen-bond acceptors (Lipinski definition) is 5. The van der Waals surface area contributed by atoms with Crippen molar-refractivity contribution >= 4 is 17.4 Å². The predicted octanol–water partition coefficient (Wildman–Crippen LogP) is 0.0824. The number of carbonyl (C=O) groups is 1. The summed E-state index contributed by atoms with van der Waals surface area (Å²) in [6.45, 7) is 3.89. The van der Waals surface area contributed by atoms with Crippen LogP contribution >= 0.6 is 0 Å². The van der Waals surface area contributed by atoms with Crippen LogP contribution in [0.4, 0.5) is 5.82 Å². The molecule has 1 amide bonds. The van der Waals surface area contributed by atoms with Gasteiger partial charge in [-0.1, -0.05) is 0 Å². The average Bonchev–Trinajstić information content (AvgIpc) is 2.55. The third kappa shape index (κ3) is 1.67. The number of aryl methyl sites for hydroxylation is 1. The molecule has 2 heterocycles. The van der Waals surface area contributed by atoms with Gasteiger partial charge in [0.1, 0.15) is 0 Å². The van der Waals surface area contributed by atoms with Crippen LogP contribution in [-0.2, 0) is 4.79 Å². The number of hydrazone groups is 1. The summed E-state index contributed by atoms with van der Waals surface area (Å²) < 4.78 is 0. The van der Waals surface area contributed by atoms with Gasteiger partial charge in [0.15, 0.2) is 5.82 Å². The molecule has 0 fully saturated rings. The van der Waals surface area contributed by atoms with E-state index in [-0.39, 0.29) is 18.4 Å². The highest BCUT2D eigenvalue weighted by Gasteiger charge is 2.33. The van der Waals surface area contributed by atoms with Gasteiger partial charge in [0.2, 0.25) is 0 Å². The second-order valence-corrected chi connectivity index (χ2v) is 3.71. The monoisotopic (exact) mass is 219 g/mol.